The molecule has 1 rings (SSSR count). The quantitative estimate of drug-likeness (QED) is 0.333. The number of rotatable bonds is 13. The van der Waals surface area contributed by atoms with Crippen LogP contribution in [0.1, 0.15) is 72.1 Å². The van der Waals surface area contributed by atoms with Gasteiger partial charge in [0.05, 0.1) is 4.90 Å². The average molecular weight is 461 g/mol. The molecule has 0 fully saturated rings. The van der Waals surface area contributed by atoms with Gasteiger partial charge in [0, 0.05) is 18.0 Å². The number of carbonyl (C=O) groups excluding carboxylic acids is 2. The second kappa shape index (κ2) is 12.3. The fraction of sp³-hybridized carbons (Fsp3) is 0.619. The van der Waals surface area contributed by atoms with Gasteiger partial charge in [-0.05, 0) is 44.0 Å². The largest absolute Gasteiger partial charge is 0.364 e. The Bertz CT molecular complexity index is 794. The van der Waals surface area contributed by atoms with Gasteiger partial charge in [0.1, 0.15) is 0 Å². The lowest BCUT2D eigenvalue weighted by Gasteiger charge is -2.34. The monoisotopic (exact) mass is 460 g/mol. The van der Waals surface area contributed by atoms with E-state index < -0.39 is 27.6 Å². The number of unbranched alkanes of at least 4 members (excludes halogenated alkanes) is 5. The molecule has 0 saturated heterocycles. The van der Waals surface area contributed by atoms with Gasteiger partial charge in [-0.2, -0.15) is 4.31 Å². The molecule has 30 heavy (non-hydrogen) atoms. The molecule has 0 heterocycles. The Balaban J connectivity index is 3.09. The molecule has 0 saturated carbocycles. The molecule has 0 spiro atoms. The van der Waals surface area contributed by atoms with Crippen LogP contribution in [-0.2, 0) is 14.8 Å². The molecule has 0 radical (unpaired) electrons. The van der Waals surface area contributed by atoms with Crippen molar-refractivity contribution in [3.63, 3.8) is 0 Å². The first-order chi connectivity index (χ1) is 14.1. The van der Waals surface area contributed by atoms with Crippen molar-refractivity contribution in [2.24, 2.45) is 0 Å². The minimum absolute atomic E-state index is 0.0210. The fourth-order valence-corrected chi connectivity index (χ4v) is 4.64. The van der Waals surface area contributed by atoms with Crippen molar-refractivity contribution in [2.45, 2.75) is 82.8 Å². The highest BCUT2D eigenvalue weighted by atomic mass is 35.5. The molecular formula is C21H33ClN2O5S. The average Bonchev–Trinajstić information content (AvgIpc) is 2.68. The Hall–Kier alpha value is -1.64. The van der Waals surface area contributed by atoms with Gasteiger partial charge >= 0.3 is 6.03 Å². The van der Waals surface area contributed by atoms with E-state index in [0.717, 1.165) is 39.0 Å². The number of amides is 2. The van der Waals surface area contributed by atoms with E-state index in [9.17, 15) is 23.1 Å². The van der Waals surface area contributed by atoms with Crippen LogP contribution in [0.3, 0.4) is 0 Å². The zero-order valence-electron chi connectivity index (χ0n) is 18.0. The van der Waals surface area contributed by atoms with Crippen LogP contribution >= 0.6 is 11.6 Å². The summed E-state index contributed by atoms with van der Waals surface area (Å²) in [5, 5.41) is 13.7. The highest BCUT2D eigenvalue weighted by Crippen LogP contribution is 2.27. The van der Waals surface area contributed by atoms with E-state index >= 15 is 0 Å². The first kappa shape index (κ1) is 26.4. The topological polar surface area (TPSA) is 104 Å². The molecule has 1 atom stereocenters. The molecular weight excluding hydrogens is 428 g/mol. The Labute approximate surface area is 184 Å². The van der Waals surface area contributed by atoms with Crippen LogP contribution in [0.4, 0.5) is 4.79 Å². The van der Waals surface area contributed by atoms with Crippen molar-refractivity contribution in [1.82, 2.24) is 9.62 Å². The van der Waals surface area contributed by atoms with Crippen molar-refractivity contribution >= 4 is 33.4 Å². The molecule has 170 valence electrons. The van der Waals surface area contributed by atoms with Crippen LogP contribution < -0.4 is 5.32 Å². The zero-order valence-corrected chi connectivity index (χ0v) is 19.6. The second-order valence-electron chi connectivity index (χ2n) is 7.42. The van der Waals surface area contributed by atoms with E-state index in [4.69, 9.17) is 11.6 Å². The number of Topliss-reactive ketones (excluding diaryl/α,β-unsaturated/α-hetero) is 1. The SMILES string of the molecule is CCCCCCCCC(=O)C(C)(O)N(C(=O)NCCC)S(=O)(=O)c1ccc(Cl)cc1. The first-order valence-electron chi connectivity index (χ1n) is 10.4. The third kappa shape index (κ3) is 7.25. The predicted octanol–water partition coefficient (Wildman–Crippen LogP) is 4.48. The molecule has 0 aliphatic carbocycles. The zero-order chi connectivity index (χ0) is 22.8. The number of nitrogens with zero attached hydrogens (tertiary/aromatic N) is 1. The third-order valence-electron chi connectivity index (χ3n) is 4.74. The number of halogens is 1. The lowest BCUT2D eigenvalue weighted by atomic mass is 10.0. The molecule has 0 bridgehead atoms. The van der Waals surface area contributed by atoms with Crippen molar-refractivity contribution in [3.8, 4) is 0 Å². The van der Waals surface area contributed by atoms with Crippen molar-refractivity contribution in [2.75, 3.05) is 6.54 Å². The number of nitrogens with one attached hydrogen (secondary N) is 1. The smallest absolute Gasteiger partial charge is 0.334 e. The summed E-state index contributed by atoms with van der Waals surface area (Å²) in [4.78, 5) is 25.2. The summed E-state index contributed by atoms with van der Waals surface area (Å²) in [5.41, 5.74) is -2.51. The predicted molar refractivity (Wildman–Crippen MR) is 118 cm³/mol. The van der Waals surface area contributed by atoms with Gasteiger partial charge in [0.2, 0.25) is 5.72 Å². The van der Waals surface area contributed by atoms with Gasteiger partial charge in [-0.25, -0.2) is 13.2 Å². The molecule has 1 aromatic carbocycles. The molecule has 1 unspecified atom stereocenters. The number of sulfonamides is 1. The number of carbonyl (C=O) groups is 2. The van der Waals surface area contributed by atoms with Crippen LogP contribution in [0.2, 0.25) is 5.02 Å². The molecule has 0 aliphatic heterocycles. The fourth-order valence-electron chi connectivity index (χ4n) is 2.97. The lowest BCUT2D eigenvalue weighted by molar-refractivity contribution is -0.144. The minimum atomic E-state index is -4.50. The van der Waals surface area contributed by atoms with Crippen LogP contribution in [0.5, 0.6) is 0 Å². The van der Waals surface area contributed by atoms with E-state index in [1.54, 1.807) is 6.92 Å². The standard InChI is InChI=1S/C21H33ClN2O5S/c1-4-6-7-8-9-10-11-19(25)21(3,27)24(20(26)23-16-5-2)30(28,29)18-14-12-17(22)13-15-18/h12-15,27H,4-11,16H2,1-3H3,(H,23,26). The third-order valence-corrected chi connectivity index (χ3v) is 6.87. The van der Waals surface area contributed by atoms with E-state index in [-0.39, 0.29) is 22.2 Å². The number of hydrogen-bond acceptors (Lipinski definition) is 5. The Morgan fingerprint density at radius 2 is 1.60 bits per heavy atom. The number of urea groups is 1. The van der Waals surface area contributed by atoms with Gasteiger partial charge in [-0.3, -0.25) is 4.79 Å². The number of ketones is 1. The summed E-state index contributed by atoms with van der Waals surface area (Å²) in [6.07, 6.45) is 6.12. The number of aliphatic hydroxyl groups is 1. The molecule has 2 amide bonds. The first-order valence-corrected chi connectivity index (χ1v) is 12.2. The lowest BCUT2D eigenvalue weighted by Crippen LogP contribution is -2.60. The van der Waals surface area contributed by atoms with Gasteiger partial charge in [0.25, 0.3) is 10.0 Å². The maximum Gasteiger partial charge on any atom is 0.334 e. The van der Waals surface area contributed by atoms with E-state index in [1.807, 2.05) is 0 Å². The van der Waals surface area contributed by atoms with Crippen LogP contribution in [0, 0.1) is 0 Å². The normalized spacial score (nSPS) is 13.5. The molecule has 9 heteroatoms. The summed E-state index contributed by atoms with van der Waals surface area (Å²) in [6, 6.07) is 4.14. The van der Waals surface area contributed by atoms with Gasteiger partial charge < -0.3 is 10.4 Å². The summed E-state index contributed by atoms with van der Waals surface area (Å²) in [7, 11) is -4.50. The minimum Gasteiger partial charge on any atom is -0.364 e. The van der Waals surface area contributed by atoms with E-state index in [1.165, 1.54) is 24.3 Å². The Morgan fingerprint density at radius 3 is 2.17 bits per heavy atom. The van der Waals surface area contributed by atoms with Crippen LogP contribution in [0.15, 0.2) is 29.2 Å². The molecule has 1 aromatic rings. The number of hydrogen-bond donors (Lipinski definition) is 2. The maximum absolute atomic E-state index is 13.2. The molecule has 7 nitrogen and oxygen atoms in total. The summed E-state index contributed by atoms with van der Waals surface area (Å²) >= 11 is 5.82. The van der Waals surface area contributed by atoms with E-state index in [2.05, 4.69) is 12.2 Å². The Morgan fingerprint density at radius 1 is 1.03 bits per heavy atom. The Kier molecular flexibility index (Phi) is 10.8. The van der Waals surface area contributed by atoms with E-state index in [0.29, 0.717) is 17.9 Å². The summed E-state index contributed by atoms with van der Waals surface area (Å²) < 4.78 is 26.6. The van der Waals surface area contributed by atoms with Gasteiger partial charge in [-0.1, -0.05) is 57.6 Å². The molecule has 0 aliphatic rings. The van der Waals surface area contributed by atoms with Crippen molar-refractivity contribution < 1.29 is 23.1 Å². The summed E-state index contributed by atoms with van der Waals surface area (Å²) in [6.45, 7) is 5.17. The highest BCUT2D eigenvalue weighted by Gasteiger charge is 2.47. The molecule has 0 aromatic heterocycles. The number of benzene rings is 1. The van der Waals surface area contributed by atoms with Crippen LogP contribution in [0.25, 0.3) is 0 Å². The summed E-state index contributed by atoms with van der Waals surface area (Å²) in [5.74, 6) is -0.720. The highest BCUT2D eigenvalue weighted by molar-refractivity contribution is 7.89. The van der Waals surface area contributed by atoms with Crippen molar-refractivity contribution in [1.29, 1.82) is 0 Å². The second-order valence-corrected chi connectivity index (χ2v) is 9.64. The maximum atomic E-state index is 13.2. The van der Waals surface area contributed by atoms with Crippen LogP contribution in [-0.4, -0.2) is 41.9 Å². The van der Waals surface area contributed by atoms with Crippen molar-refractivity contribution in [3.05, 3.63) is 29.3 Å². The van der Waals surface area contributed by atoms with Gasteiger partial charge in [0.15, 0.2) is 5.78 Å². The van der Waals surface area contributed by atoms with Gasteiger partial charge in [-0.15, -0.1) is 0 Å². The molecule has 2 N–H and O–H groups in total.